The van der Waals surface area contributed by atoms with Gasteiger partial charge in [0.25, 0.3) is 0 Å². The van der Waals surface area contributed by atoms with Crippen LogP contribution in [0.15, 0.2) is 28.7 Å². The maximum absolute atomic E-state index is 7.00. The predicted molar refractivity (Wildman–Crippen MR) is 125 cm³/mol. The molecule has 158 valence electrons. The third-order valence-corrected chi connectivity index (χ3v) is 6.33. The lowest BCUT2D eigenvalue weighted by atomic mass is 9.66. The summed E-state index contributed by atoms with van der Waals surface area (Å²) in [5.74, 6) is 2.22. The summed E-state index contributed by atoms with van der Waals surface area (Å²) in [4.78, 5) is 0. The van der Waals surface area contributed by atoms with Crippen molar-refractivity contribution in [3.8, 4) is 0 Å². The smallest absolute Gasteiger partial charge is 0.399 e. The Bertz CT molecular complexity index is 575. The van der Waals surface area contributed by atoms with Gasteiger partial charge < -0.3 is 9.31 Å². The largest absolute Gasteiger partial charge is 0.496 e. The maximum atomic E-state index is 7.00. The van der Waals surface area contributed by atoms with Crippen LogP contribution in [0.1, 0.15) is 81.1 Å². The molecule has 0 aromatic heterocycles. The topological polar surface area (TPSA) is 18.5 Å². The fourth-order valence-electron chi connectivity index (χ4n) is 5.18. The van der Waals surface area contributed by atoms with Crippen LogP contribution in [0.4, 0.5) is 0 Å². The first kappa shape index (κ1) is 24.0. The molecule has 1 aromatic rings. The molecule has 1 fully saturated rings. The van der Waals surface area contributed by atoms with Crippen molar-refractivity contribution < 1.29 is 9.31 Å². The Kier molecular flexibility index (Phi) is 8.27. The number of halogens is 1. The number of rotatable bonds is 9. The minimum atomic E-state index is -0.314. The highest BCUT2D eigenvalue weighted by molar-refractivity contribution is 9.10. The average molecular weight is 451 g/mol. The van der Waals surface area contributed by atoms with Crippen LogP contribution in [0.25, 0.3) is 0 Å². The standard InChI is InChI=1S/C24H40BBrO2/c1-17(2)13-23(14-18(3)4)24(15-19(5)6,16-20(7)8)28-25(27-23)21-11-9-10-12-22(21)26/h9-12,17-20H,13-16H2,1-8H3. The summed E-state index contributed by atoms with van der Waals surface area (Å²) in [7, 11) is -0.314. The zero-order valence-electron chi connectivity index (χ0n) is 19.2. The Hall–Kier alpha value is -0.315. The third kappa shape index (κ3) is 5.43. The Morgan fingerprint density at radius 1 is 0.714 bits per heavy atom. The van der Waals surface area contributed by atoms with Crippen LogP contribution in [0.5, 0.6) is 0 Å². The van der Waals surface area contributed by atoms with E-state index in [-0.39, 0.29) is 18.3 Å². The van der Waals surface area contributed by atoms with Crippen LogP contribution < -0.4 is 5.46 Å². The normalized spacial score (nSPS) is 18.8. The molecule has 0 radical (unpaired) electrons. The summed E-state index contributed by atoms with van der Waals surface area (Å²) in [5, 5.41) is 0. The van der Waals surface area contributed by atoms with Crippen molar-refractivity contribution in [2.24, 2.45) is 23.7 Å². The summed E-state index contributed by atoms with van der Waals surface area (Å²) >= 11 is 3.72. The second kappa shape index (κ2) is 9.66. The second-order valence-corrected chi connectivity index (χ2v) is 11.3. The monoisotopic (exact) mass is 450 g/mol. The van der Waals surface area contributed by atoms with E-state index in [2.05, 4.69) is 89.5 Å². The molecule has 0 saturated carbocycles. The van der Waals surface area contributed by atoms with E-state index in [0.717, 1.165) is 35.6 Å². The van der Waals surface area contributed by atoms with Gasteiger partial charge in [0.1, 0.15) is 0 Å². The summed E-state index contributed by atoms with van der Waals surface area (Å²) in [6.45, 7) is 18.5. The predicted octanol–water partition coefficient (Wildman–Crippen LogP) is 6.85. The molecule has 2 nitrogen and oxygen atoms in total. The van der Waals surface area contributed by atoms with Gasteiger partial charge in [-0.25, -0.2) is 0 Å². The molecule has 0 unspecified atom stereocenters. The van der Waals surface area contributed by atoms with E-state index in [1.807, 2.05) is 6.07 Å². The summed E-state index contributed by atoms with van der Waals surface area (Å²) < 4.78 is 15.1. The first-order valence-corrected chi connectivity index (χ1v) is 11.9. The van der Waals surface area contributed by atoms with Crippen molar-refractivity contribution in [3.05, 3.63) is 28.7 Å². The molecule has 1 aliphatic rings. The lowest BCUT2D eigenvalue weighted by Gasteiger charge is -2.48. The second-order valence-electron chi connectivity index (χ2n) is 10.5. The van der Waals surface area contributed by atoms with E-state index >= 15 is 0 Å². The Morgan fingerprint density at radius 3 is 1.39 bits per heavy atom. The first-order chi connectivity index (χ1) is 13.0. The van der Waals surface area contributed by atoms with Gasteiger partial charge in [-0.3, -0.25) is 0 Å². The van der Waals surface area contributed by atoms with Gasteiger partial charge in [-0.15, -0.1) is 0 Å². The number of hydrogen-bond acceptors (Lipinski definition) is 2. The van der Waals surface area contributed by atoms with Crippen molar-refractivity contribution in [1.82, 2.24) is 0 Å². The quantitative estimate of drug-likeness (QED) is 0.382. The van der Waals surface area contributed by atoms with Crippen LogP contribution >= 0.6 is 15.9 Å². The van der Waals surface area contributed by atoms with Gasteiger partial charge in [0.05, 0.1) is 11.2 Å². The molecule has 0 atom stereocenters. The fourth-order valence-corrected chi connectivity index (χ4v) is 5.65. The van der Waals surface area contributed by atoms with E-state index in [1.54, 1.807) is 0 Å². The average Bonchev–Trinajstić information content (AvgIpc) is 2.78. The molecule has 1 heterocycles. The molecule has 28 heavy (non-hydrogen) atoms. The molecule has 4 heteroatoms. The van der Waals surface area contributed by atoms with Crippen molar-refractivity contribution in [1.29, 1.82) is 0 Å². The number of benzene rings is 1. The molecule has 1 aliphatic heterocycles. The summed E-state index contributed by atoms with van der Waals surface area (Å²) in [6.07, 6.45) is 4.13. The van der Waals surface area contributed by atoms with Crippen molar-refractivity contribution >= 4 is 28.5 Å². The van der Waals surface area contributed by atoms with Crippen LogP contribution in [0, 0.1) is 23.7 Å². The van der Waals surface area contributed by atoms with E-state index in [1.165, 1.54) is 0 Å². The van der Waals surface area contributed by atoms with Gasteiger partial charge in [-0.1, -0.05) is 89.5 Å². The zero-order valence-corrected chi connectivity index (χ0v) is 20.8. The minimum absolute atomic E-state index is 0.260. The molecule has 0 aliphatic carbocycles. The summed E-state index contributed by atoms with van der Waals surface area (Å²) in [6, 6.07) is 8.34. The molecular formula is C24H40BBrO2. The lowest BCUT2D eigenvalue weighted by Crippen LogP contribution is -2.54. The third-order valence-electron chi connectivity index (χ3n) is 5.61. The van der Waals surface area contributed by atoms with Crippen LogP contribution in [-0.4, -0.2) is 18.3 Å². The van der Waals surface area contributed by atoms with Gasteiger partial charge in [0.2, 0.25) is 0 Å². The van der Waals surface area contributed by atoms with E-state index in [9.17, 15) is 0 Å². The van der Waals surface area contributed by atoms with Gasteiger partial charge in [-0.05, 0) is 60.9 Å². The van der Waals surface area contributed by atoms with Crippen LogP contribution in [-0.2, 0) is 9.31 Å². The van der Waals surface area contributed by atoms with Gasteiger partial charge >= 0.3 is 7.12 Å². The molecule has 1 aromatic carbocycles. The molecular weight excluding hydrogens is 411 g/mol. The van der Waals surface area contributed by atoms with E-state index in [0.29, 0.717) is 23.7 Å². The SMILES string of the molecule is CC(C)CC1(CC(C)C)OB(c2ccccc2Br)OC1(CC(C)C)CC(C)C. The van der Waals surface area contributed by atoms with E-state index in [4.69, 9.17) is 9.31 Å². The fraction of sp³-hybridized carbons (Fsp3) is 0.750. The van der Waals surface area contributed by atoms with Gasteiger partial charge in [0.15, 0.2) is 0 Å². The lowest BCUT2D eigenvalue weighted by molar-refractivity contribution is -0.0967. The highest BCUT2D eigenvalue weighted by Crippen LogP contribution is 2.52. The van der Waals surface area contributed by atoms with Crippen LogP contribution in [0.2, 0.25) is 0 Å². The first-order valence-electron chi connectivity index (χ1n) is 11.1. The van der Waals surface area contributed by atoms with Gasteiger partial charge in [-0.2, -0.15) is 0 Å². The van der Waals surface area contributed by atoms with Crippen LogP contribution in [0.3, 0.4) is 0 Å². The Morgan fingerprint density at radius 2 is 1.07 bits per heavy atom. The molecule has 2 rings (SSSR count). The molecule has 0 N–H and O–H groups in total. The highest BCUT2D eigenvalue weighted by atomic mass is 79.9. The Balaban J connectivity index is 2.60. The minimum Gasteiger partial charge on any atom is -0.399 e. The molecule has 0 amide bonds. The number of hydrogen-bond donors (Lipinski definition) is 0. The maximum Gasteiger partial charge on any atom is 0.496 e. The highest BCUT2D eigenvalue weighted by Gasteiger charge is 2.62. The molecule has 1 saturated heterocycles. The molecule has 0 bridgehead atoms. The van der Waals surface area contributed by atoms with Gasteiger partial charge in [0, 0.05) is 4.47 Å². The van der Waals surface area contributed by atoms with E-state index < -0.39 is 0 Å². The Labute approximate surface area is 182 Å². The zero-order chi connectivity index (χ0) is 21.1. The van der Waals surface area contributed by atoms with Crippen molar-refractivity contribution in [2.45, 2.75) is 92.3 Å². The molecule has 0 spiro atoms. The van der Waals surface area contributed by atoms with Crippen molar-refractivity contribution in [3.63, 3.8) is 0 Å². The summed E-state index contributed by atoms with van der Waals surface area (Å²) in [5.41, 5.74) is 0.585. The van der Waals surface area contributed by atoms with Crippen molar-refractivity contribution in [2.75, 3.05) is 0 Å².